The number of hydrogen-bond acceptors (Lipinski definition) is 6. The third kappa shape index (κ3) is 3.23. The standard InChI is InChI=1S/C14H16N4O2/c1-3-20-14(19)12-5-10(15)7-17-13(12)18-11-4-9(2)6-16-8-11/h4-8H,3,15H2,1-2H3,(H,17,18). The summed E-state index contributed by atoms with van der Waals surface area (Å²) in [6.07, 6.45) is 4.88. The van der Waals surface area contributed by atoms with Crippen LogP contribution in [0.2, 0.25) is 0 Å². The van der Waals surface area contributed by atoms with Gasteiger partial charge in [0.2, 0.25) is 0 Å². The van der Waals surface area contributed by atoms with Gasteiger partial charge in [0, 0.05) is 6.20 Å². The highest BCUT2D eigenvalue weighted by Gasteiger charge is 2.14. The first-order chi connectivity index (χ1) is 9.60. The van der Waals surface area contributed by atoms with Crippen LogP contribution in [0.15, 0.2) is 30.7 Å². The molecule has 0 fully saturated rings. The zero-order chi connectivity index (χ0) is 14.5. The van der Waals surface area contributed by atoms with Crippen LogP contribution in [0.5, 0.6) is 0 Å². The molecular formula is C14H16N4O2. The summed E-state index contributed by atoms with van der Waals surface area (Å²) in [6.45, 7) is 3.97. The molecule has 0 aromatic carbocycles. The highest BCUT2D eigenvalue weighted by atomic mass is 16.5. The van der Waals surface area contributed by atoms with Crippen LogP contribution in [-0.2, 0) is 4.74 Å². The van der Waals surface area contributed by atoms with Crippen LogP contribution in [-0.4, -0.2) is 22.5 Å². The molecule has 20 heavy (non-hydrogen) atoms. The molecule has 6 heteroatoms. The van der Waals surface area contributed by atoms with Gasteiger partial charge in [0.05, 0.1) is 30.4 Å². The van der Waals surface area contributed by atoms with E-state index in [1.54, 1.807) is 19.3 Å². The first-order valence-electron chi connectivity index (χ1n) is 6.21. The Kier molecular flexibility index (Phi) is 4.14. The number of rotatable bonds is 4. The number of aryl methyl sites for hydroxylation is 1. The Hall–Kier alpha value is -2.63. The van der Waals surface area contributed by atoms with E-state index < -0.39 is 5.97 Å². The molecule has 2 heterocycles. The molecule has 0 aliphatic carbocycles. The fourth-order valence-electron chi connectivity index (χ4n) is 1.71. The number of nitrogen functional groups attached to an aromatic ring is 1. The molecule has 0 bridgehead atoms. The van der Waals surface area contributed by atoms with Crippen LogP contribution in [0.4, 0.5) is 17.2 Å². The number of nitrogens with zero attached hydrogens (tertiary/aromatic N) is 2. The maximum atomic E-state index is 11.9. The summed E-state index contributed by atoms with van der Waals surface area (Å²) in [5.41, 5.74) is 8.12. The third-order valence-corrected chi connectivity index (χ3v) is 2.54. The minimum atomic E-state index is -0.463. The molecule has 0 aliphatic heterocycles. The molecule has 0 atom stereocenters. The predicted octanol–water partition coefficient (Wildman–Crippen LogP) is 2.29. The number of aromatic nitrogens is 2. The summed E-state index contributed by atoms with van der Waals surface area (Å²) in [5.74, 6) is -0.0690. The van der Waals surface area contributed by atoms with Crippen molar-refractivity contribution in [2.24, 2.45) is 0 Å². The first kappa shape index (κ1) is 13.8. The van der Waals surface area contributed by atoms with Gasteiger partial charge in [-0.25, -0.2) is 9.78 Å². The van der Waals surface area contributed by atoms with Crippen LogP contribution < -0.4 is 11.1 Å². The molecule has 104 valence electrons. The maximum absolute atomic E-state index is 11.9. The summed E-state index contributed by atoms with van der Waals surface area (Å²) >= 11 is 0. The Labute approximate surface area is 117 Å². The third-order valence-electron chi connectivity index (χ3n) is 2.54. The second-order valence-electron chi connectivity index (χ2n) is 4.26. The maximum Gasteiger partial charge on any atom is 0.341 e. The quantitative estimate of drug-likeness (QED) is 0.830. The molecule has 6 nitrogen and oxygen atoms in total. The molecule has 2 rings (SSSR count). The fourth-order valence-corrected chi connectivity index (χ4v) is 1.71. The Morgan fingerprint density at radius 1 is 1.35 bits per heavy atom. The van der Waals surface area contributed by atoms with Gasteiger partial charge in [0.15, 0.2) is 0 Å². The van der Waals surface area contributed by atoms with E-state index in [9.17, 15) is 4.79 Å². The molecule has 0 saturated heterocycles. The van der Waals surface area contributed by atoms with Gasteiger partial charge in [-0.15, -0.1) is 0 Å². The van der Waals surface area contributed by atoms with Crippen LogP contribution in [0, 0.1) is 6.92 Å². The van der Waals surface area contributed by atoms with Crippen molar-refractivity contribution >= 4 is 23.2 Å². The van der Waals surface area contributed by atoms with Crippen LogP contribution in [0.3, 0.4) is 0 Å². The summed E-state index contributed by atoms with van der Waals surface area (Å²) in [5, 5.41) is 3.05. The molecule has 2 aromatic rings. The van der Waals surface area contributed by atoms with Crippen molar-refractivity contribution in [2.75, 3.05) is 17.7 Å². The smallest absolute Gasteiger partial charge is 0.341 e. The zero-order valence-corrected chi connectivity index (χ0v) is 11.4. The fraction of sp³-hybridized carbons (Fsp3) is 0.214. The molecule has 2 aromatic heterocycles. The van der Waals surface area contributed by atoms with Gasteiger partial charge >= 0.3 is 5.97 Å². The summed E-state index contributed by atoms with van der Waals surface area (Å²) in [6, 6.07) is 3.44. The number of anilines is 3. The number of ether oxygens (including phenoxy) is 1. The normalized spacial score (nSPS) is 10.1. The van der Waals surface area contributed by atoms with Gasteiger partial charge in [0.25, 0.3) is 0 Å². The largest absolute Gasteiger partial charge is 0.462 e. The number of carbonyl (C=O) groups excluding carboxylic acids is 1. The second kappa shape index (κ2) is 6.01. The van der Waals surface area contributed by atoms with Crippen molar-refractivity contribution in [1.29, 1.82) is 0 Å². The Morgan fingerprint density at radius 2 is 2.15 bits per heavy atom. The Morgan fingerprint density at radius 3 is 2.85 bits per heavy atom. The molecule has 0 saturated carbocycles. The summed E-state index contributed by atoms with van der Waals surface area (Å²) in [7, 11) is 0. The monoisotopic (exact) mass is 272 g/mol. The van der Waals surface area contributed by atoms with Gasteiger partial charge in [-0.3, -0.25) is 4.98 Å². The molecule has 0 spiro atoms. The Bertz CT molecular complexity index is 628. The highest BCUT2D eigenvalue weighted by molar-refractivity contribution is 5.96. The van der Waals surface area contributed by atoms with E-state index in [4.69, 9.17) is 10.5 Å². The van der Waals surface area contributed by atoms with Gasteiger partial charge in [-0.2, -0.15) is 0 Å². The van der Waals surface area contributed by atoms with Crippen LogP contribution in [0.25, 0.3) is 0 Å². The molecule has 0 amide bonds. The van der Waals surface area contributed by atoms with Crippen molar-refractivity contribution in [2.45, 2.75) is 13.8 Å². The number of esters is 1. The number of carbonyl (C=O) groups is 1. The Balaban J connectivity index is 2.33. The van der Waals surface area contributed by atoms with E-state index in [-0.39, 0.29) is 0 Å². The molecule has 0 radical (unpaired) electrons. The average molecular weight is 272 g/mol. The van der Waals surface area contributed by atoms with E-state index in [0.29, 0.717) is 23.7 Å². The van der Waals surface area contributed by atoms with E-state index in [1.165, 1.54) is 12.3 Å². The van der Waals surface area contributed by atoms with Crippen molar-refractivity contribution in [1.82, 2.24) is 9.97 Å². The molecule has 0 aliphatic rings. The zero-order valence-electron chi connectivity index (χ0n) is 11.4. The lowest BCUT2D eigenvalue weighted by Gasteiger charge is -2.11. The van der Waals surface area contributed by atoms with Crippen molar-refractivity contribution in [3.05, 3.63) is 41.9 Å². The number of nitrogens with one attached hydrogen (secondary N) is 1. The summed E-state index contributed by atoms with van der Waals surface area (Å²) < 4.78 is 4.99. The van der Waals surface area contributed by atoms with Gasteiger partial charge in [0.1, 0.15) is 11.4 Å². The predicted molar refractivity (Wildman–Crippen MR) is 76.9 cm³/mol. The molecule has 0 unspecified atom stereocenters. The molecular weight excluding hydrogens is 256 g/mol. The topological polar surface area (TPSA) is 90.1 Å². The first-order valence-corrected chi connectivity index (χ1v) is 6.21. The van der Waals surface area contributed by atoms with E-state index in [2.05, 4.69) is 15.3 Å². The van der Waals surface area contributed by atoms with E-state index in [1.807, 2.05) is 13.0 Å². The van der Waals surface area contributed by atoms with Gasteiger partial charge < -0.3 is 15.8 Å². The highest BCUT2D eigenvalue weighted by Crippen LogP contribution is 2.21. The van der Waals surface area contributed by atoms with E-state index >= 15 is 0 Å². The van der Waals surface area contributed by atoms with Gasteiger partial charge in [-0.1, -0.05) is 0 Å². The van der Waals surface area contributed by atoms with Crippen LogP contribution >= 0.6 is 0 Å². The van der Waals surface area contributed by atoms with Crippen molar-refractivity contribution < 1.29 is 9.53 Å². The van der Waals surface area contributed by atoms with Gasteiger partial charge in [-0.05, 0) is 31.5 Å². The SMILES string of the molecule is CCOC(=O)c1cc(N)cnc1Nc1cncc(C)c1. The number of nitrogens with two attached hydrogens (primary N) is 1. The average Bonchev–Trinajstić information content (AvgIpc) is 2.41. The lowest BCUT2D eigenvalue weighted by Crippen LogP contribution is -2.10. The minimum Gasteiger partial charge on any atom is -0.462 e. The lowest BCUT2D eigenvalue weighted by atomic mass is 10.2. The lowest BCUT2D eigenvalue weighted by molar-refractivity contribution is 0.0527. The van der Waals surface area contributed by atoms with Crippen molar-refractivity contribution in [3.8, 4) is 0 Å². The van der Waals surface area contributed by atoms with Crippen LogP contribution in [0.1, 0.15) is 22.8 Å². The van der Waals surface area contributed by atoms with Crippen molar-refractivity contribution in [3.63, 3.8) is 0 Å². The summed E-state index contributed by atoms with van der Waals surface area (Å²) in [4.78, 5) is 20.1. The number of pyridine rings is 2. The second-order valence-corrected chi connectivity index (χ2v) is 4.26. The minimum absolute atomic E-state index is 0.291. The number of hydrogen-bond donors (Lipinski definition) is 2. The molecule has 3 N–H and O–H groups in total. The van der Waals surface area contributed by atoms with E-state index in [0.717, 1.165) is 11.3 Å².